The lowest BCUT2D eigenvalue weighted by Gasteiger charge is -2.07. The Balaban J connectivity index is 1.85. The molecule has 0 atom stereocenters. The van der Waals surface area contributed by atoms with Gasteiger partial charge in [-0.25, -0.2) is 0 Å². The topological polar surface area (TPSA) is 44.6 Å². The molecule has 0 aromatic heterocycles. The van der Waals surface area contributed by atoms with Crippen LogP contribution < -0.4 is 5.43 Å². The number of nitrogens with one attached hydrogen (secondary N) is 1. The van der Waals surface area contributed by atoms with Gasteiger partial charge in [0, 0.05) is 5.56 Å². The van der Waals surface area contributed by atoms with Crippen LogP contribution in [0.5, 0.6) is 0 Å². The van der Waals surface area contributed by atoms with Gasteiger partial charge >= 0.3 is 0 Å². The number of rotatable bonds is 5. The quantitative estimate of drug-likeness (QED) is 0.545. The van der Waals surface area contributed by atoms with Crippen molar-refractivity contribution in [2.75, 3.05) is 5.43 Å². The zero-order valence-electron chi connectivity index (χ0n) is 12.7. The van der Waals surface area contributed by atoms with Crippen molar-refractivity contribution in [3.63, 3.8) is 0 Å². The first-order valence-corrected chi connectivity index (χ1v) is 7.50. The van der Waals surface area contributed by atoms with Crippen LogP contribution in [0.25, 0.3) is 11.1 Å². The molecule has 0 fully saturated rings. The number of hydrogen-bond donors (Lipinski definition) is 2. The van der Waals surface area contributed by atoms with E-state index in [0.717, 1.165) is 27.9 Å². The number of aliphatic hydroxyl groups excluding tert-OH is 1. The molecule has 0 aliphatic heterocycles. The fourth-order valence-electron chi connectivity index (χ4n) is 2.40. The van der Waals surface area contributed by atoms with Gasteiger partial charge in [-0.05, 0) is 34.9 Å². The van der Waals surface area contributed by atoms with Crippen molar-refractivity contribution >= 4 is 11.9 Å². The van der Waals surface area contributed by atoms with Crippen molar-refractivity contribution in [2.24, 2.45) is 5.10 Å². The number of para-hydroxylation sites is 1. The largest absolute Gasteiger partial charge is 0.392 e. The Morgan fingerprint density at radius 3 is 2.48 bits per heavy atom. The fourth-order valence-corrected chi connectivity index (χ4v) is 2.40. The van der Waals surface area contributed by atoms with Gasteiger partial charge in [0.2, 0.25) is 0 Å². The predicted octanol–water partition coefficient (Wildman–Crippen LogP) is 4.29. The zero-order chi connectivity index (χ0) is 15.9. The van der Waals surface area contributed by atoms with E-state index >= 15 is 0 Å². The van der Waals surface area contributed by atoms with Crippen LogP contribution in [0.2, 0.25) is 0 Å². The van der Waals surface area contributed by atoms with Gasteiger partial charge in [-0.2, -0.15) is 5.10 Å². The van der Waals surface area contributed by atoms with E-state index < -0.39 is 0 Å². The standard InChI is InChI=1S/C20H18N2O/c23-15-16-7-6-9-17(13-16)20-12-5-4-8-18(20)14-21-22-19-10-2-1-3-11-19/h1-14,22-23H,15H2. The van der Waals surface area contributed by atoms with Crippen LogP contribution in [0.1, 0.15) is 11.1 Å². The molecule has 0 radical (unpaired) electrons. The van der Waals surface area contributed by atoms with Gasteiger partial charge in [0.1, 0.15) is 0 Å². The molecule has 0 heterocycles. The Bertz CT molecular complexity index is 798. The number of hydrazone groups is 1. The first kappa shape index (κ1) is 15.0. The normalized spacial score (nSPS) is 10.8. The SMILES string of the molecule is OCc1cccc(-c2ccccc2C=NNc2ccccc2)c1. The van der Waals surface area contributed by atoms with Crippen molar-refractivity contribution < 1.29 is 5.11 Å². The van der Waals surface area contributed by atoms with E-state index in [1.807, 2.05) is 79.0 Å². The number of nitrogens with zero attached hydrogens (tertiary/aromatic N) is 1. The molecule has 2 N–H and O–H groups in total. The summed E-state index contributed by atoms with van der Waals surface area (Å²) in [5.74, 6) is 0. The maximum absolute atomic E-state index is 9.31. The minimum absolute atomic E-state index is 0.0413. The molecule has 0 saturated carbocycles. The lowest BCUT2D eigenvalue weighted by atomic mass is 9.99. The summed E-state index contributed by atoms with van der Waals surface area (Å²) in [5.41, 5.74) is 8.04. The van der Waals surface area contributed by atoms with Gasteiger partial charge in [-0.15, -0.1) is 0 Å². The van der Waals surface area contributed by atoms with Gasteiger partial charge in [0.25, 0.3) is 0 Å². The lowest BCUT2D eigenvalue weighted by molar-refractivity contribution is 0.282. The Kier molecular flexibility index (Phi) is 4.82. The molecule has 23 heavy (non-hydrogen) atoms. The molecule has 0 bridgehead atoms. The molecular weight excluding hydrogens is 284 g/mol. The first-order valence-electron chi connectivity index (χ1n) is 7.50. The Labute approximate surface area is 135 Å². The van der Waals surface area contributed by atoms with Crippen LogP contribution in [-0.4, -0.2) is 11.3 Å². The molecular formula is C20H18N2O. The summed E-state index contributed by atoms with van der Waals surface area (Å²) in [4.78, 5) is 0. The third-order valence-corrected chi connectivity index (χ3v) is 3.55. The first-order chi connectivity index (χ1) is 11.4. The van der Waals surface area contributed by atoms with E-state index in [-0.39, 0.29) is 6.61 Å². The molecule has 114 valence electrons. The highest BCUT2D eigenvalue weighted by Gasteiger charge is 2.03. The summed E-state index contributed by atoms with van der Waals surface area (Å²) in [6, 6.07) is 25.8. The smallest absolute Gasteiger partial charge is 0.0682 e. The van der Waals surface area contributed by atoms with Crippen LogP contribution in [0.4, 0.5) is 5.69 Å². The average Bonchev–Trinajstić information content (AvgIpc) is 2.63. The third kappa shape index (κ3) is 3.84. The van der Waals surface area contributed by atoms with Crippen LogP contribution >= 0.6 is 0 Å². The van der Waals surface area contributed by atoms with Crippen LogP contribution in [0.15, 0.2) is 84.0 Å². The fraction of sp³-hybridized carbons (Fsp3) is 0.0500. The summed E-state index contributed by atoms with van der Waals surface area (Å²) in [6.45, 7) is 0.0413. The average molecular weight is 302 g/mol. The van der Waals surface area contributed by atoms with E-state index in [2.05, 4.69) is 16.6 Å². The molecule has 0 aliphatic rings. The Morgan fingerprint density at radius 2 is 1.65 bits per heavy atom. The number of anilines is 1. The summed E-state index contributed by atoms with van der Waals surface area (Å²) in [7, 11) is 0. The summed E-state index contributed by atoms with van der Waals surface area (Å²) < 4.78 is 0. The van der Waals surface area contributed by atoms with E-state index in [0.29, 0.717) is 0 Å². The molecule has 0 spiro atoms. The monoisotopic (exact) mass is 302 g/mol. The van der Waals surface area contributed by atoms with Crippen molar-refractivity contribution in [1.82, 2.24) is 0 Å². The molecule has 0 saturated heterocycles. The van der Waals surface area contributed by atoms with Crippen LogP contribution in [0.3, 0.4) is 0 Å². The second kappa shape index (κ2) is 7.38. The predicted molar refractivity (Wildman–Crippen MR) is 95.5 cm³/mol. The molecule has 3 nitrogen and oxygen atoms in total. The van der Waals surface area contributed by atoms with Crippen LogP contribution in [0, 0.1) is 0 Å². The minimum atomic E-state index is 0.0413. The highest BCUT2D eigenvalue weighted by molar-refractivity contribution is 5.90. The summed E-state index contributed by atoms with van der Waals surface area (Å²) in [5, 5.41) is 13.6. The van der Waals surface area contributed by atoms with E-state index in [1.165, 1.54) is 0 Å². The van der Waals surface area contributed by atoms with Crippen molar-refractivity contribution in [3.8, 4) is 11.1 Å². The highest BCUT2D eigenvalue weighted by atomic mass is 16.3. The van der Waals surface area contributed by atoms with Gasteiger partial charge < -0.3 is 5.11 Å². The second-order valence-electron chi connectivity index (χ2n) is 5.18. The van der Waals surface area contributed by atoms with Crippen LogP contribution in [-0.2, 0) is 6.61 Å². The molecule has 0 amide bonds. The molecule has 0 unspecified atom stereocenters. The number of benzene rings is 3. The van der Waals surface area contributed by atoms with E-state index in [4.69, 9.17) is 0 Å². The van der Waals surface area contributed by atoms with Crippen molar-refractivity contribution in [2.45, 2.75) is 6.61 Å². The second-order valence-corrected chi connectivity index (χ2v) is 5.18. The third-order valence-electron chi connectivity index (χ3n) is 3.55. The number of hydrogen-bond acceptors (Lipinski definition) is 3. The molecule has 3 aromatic carbocycles. The molecule has 3 aromatic rings. The molecule has 3 heteroatoms. The minimum Gasteiger partial charge on any atom is -0.392 e. The van der Waals surface area contributed by atoms with Gasteiger partial charge in [-0.3, -0.25) is 5.43 Å². The van der Waals surface area contributed by atoms with E-state index in [1.54, 1.807) is 0 Å². The van der Waals surface area contributed by atoms with Crippen molar-refractivity contribution in [3.05, 3.63) is 90.0 Å². The maximum Gasteiger partial charge on any atom is 0.0682 e. The Hall–Kier alpha value is -2.91. The lowest BCUT2D eigenvalue weighted by Crippen LogP contribution is -1.93. The number of aliphatic hydroxyl groups is 1. The van der Waals surface area contributed by atoms with Gasteiger partial charge in [-0.1, -0.05) is 60.7 Å². The van der Waals surface area contributed by atoms with Crippen molar-refractivity contribution in [1.29, 1.82) is 0 Å². The van der Waals surface area contributed by atoms with E-state index in [9.17, 15) is 5.11 Å². The highest BCUT2D eigenvalue weighted by Crippen LogP contribution is 2.23. The zero-order valence-corrected chi connectivity index (χ0v) is 12.7. The molecule has 0 aliphatic carbocycles. The summed E-state index contributed by atoms with van der Waals surface area (Å²) in [6.07, 6.45) is 1.81. The molecule has 3 rings (SSSR count). The maximum atomic E-state index is 9.31. The van der Waals surface area contributed by atoms with Gasteiger partial charge in [0.15, 0.2) is 0 Å². The van der Waals surface area contributed by atoms with Gasteiger partial charge in [0.05, 0.1) is 18.5 Å². The summed E-state index contributed by atoms with van der Waals surface area (Å²) >= 11 is 0. The Morgan fingerprint density at radius 1 is 0.870 bits per heavy atom.